The molecule has 7 heteroatoms. The van der Waals surface area contributed by atoms with Gasteiger partial charge < -0.3 is 13.9 Å². The molecule has 1 heterocycles. The summed E-state index contributed by atoms with van der Waals surface area (Å²) in [5.74, 6) is -0.353. The highest BCUT2D eigenvalue weighted by Gasteiger charge is 2.24. The molecular formula is C19H18N2O5. The number of methoxy groups -OCH3 is 1. The summed E-state index contributed by atoms with van der Waals surface area (Å²) in [6.07, 6.45) is 2.90. The van der Waals surface area contributed by atoms with E-state index in [2.05, 4.69) is 10.1 Å². The number of hydrogen-bond acceptors (Lipinski definition) is 6. The number of nitrogens with zero attached hydrogens (tertiary/aromatic N) is 1. The Morgan fingerprint density at radius 1 is 1.31 bits per heavy atom. The zero-order chi connectivity index (χ0) is 19.1. The molecule has 0 atom stereocenters. The quantitative estimate of drug-likeness (QED) is 0.631. The molecule has 1 aromatic carbocycles. The monoisotopic (exact) mass is 354 g/mol. The lowest BCUT2D eigenvalue weighted by Crippen LogP contribution is -2.09. The second-order valence-corrected chi connectivity index (χ2v) is 5.17. The number of ether oxygens (including phenoxy) is 2. The Kier molecular flexibility index (Phi) is 6.17. The van der Waals surface area contributed by atoms with Crippen molar-refractivity contribution in [2.24, 2.45) is 0 Å². The molecule has 0 fully saturated rings. The second kappa shape index (κ2) is 8.53. The minimum atomic E-state index is -0.701. The predicted molar refractivity (Wildman–Crippen MR) is 94.8 cm³/mol. The summed E-state index contributed by atoms with van der Waals surface area (Å²) < 4.78 is 15.3. The molecule has 134 valence electrons. The Morgan fingerprint density at radius 2 is 2.00 bits per heavy atom. The highest BCUT2D eigenvalue weighted by Crippen LogP contribution is 2.27. The van der Waals surface area contributed by atoms with Gasteiger partial charge in [-0.3, -0.25) is 10.1 Å². The van der Waals surface area contributed by atoms with Crippen molar-refractivity contribution in [2.45, 2.75) is 13.8 Å². The van der Waals surface area contributed by atoms with Crippen LogP contribution in [0, 0.1) is 18.3 Å². The zero-order valence-corrected chi connectivity index (χ0v) is 14.7. The summed E-state index contributed by atoms with van der Waals surface area (Å²) in [6.45, 7) is 3.99. The van der Waals surface area contributed by atoms with Crippen molar-refractivity contribution < 1.29 is 23.5 Å². The lowest BCUT2D eigenvalue weighted by Gasteiger charge is -2.02. The number of nitrogens with one attached hydrogen (secondary N) is 1. The van der Waals surface area contributed by atoms with E-state index in [1.165, 1.54) is 20.1 Å². The van der Waals surface area contributed by atoms with Crippen molar-refractivity contribution in [3.8, 4) is 11.8 Å². The molecule has 2 rings (SSSR count). The molecule has 7 nitrogen and oxygen atoms in total. The van der Waals surface area contributed by atoms with Gasteiger partial charge in [-0.15, -0.1) is 0 Å². The van der Waals surface area contributed by atoms with E-state index in [-0.39, 0.29) is 22.8 Å². The van der Waals surface area contributed by atoms with Crippen LogP contribution in [0.4, 0.5) is 5.88 Å². The number of amides is 1. The first-order chi connectivity index (χ1) is 12.5. The van der Waals surface area contributed by atoms with Crippen LogP contribution in [0.25, 0.3) is 6.08 Å². The maximum Gasteiger partial charge on any atom is 0.342 e. The number of rotatable bonds is 6. The molecular weight excluding hydrogens is 336 g/mol. The first-order valence-electron chi connectivity index (χ1n) is 7.83. The fourth-order valence-corrected chi connectivity index (χ4v) is 2.25. The highest BCUT2D eigenvalue weighted by atomic mass is 16.5. The summed E-state index contributed by atoms with van der Waals surface area (Å²) >= 11 is 0. The highest BCUT2D eigenvalue weighted by molar-refractivity contribution is 6.03. The van der Waals surface area contributed by atoms with Crippen molar-refractivity contribution in [1.29, 1.82) is 5.26 Å². The van der Waals surface area contributed by atoms with Crippen LogP contribution in [0.3, 0.4) is 0 Å². The zero-order valence-electron chi connectivity index (χ0n) is 14.7. The maximum atomic E-state index is 12.1. The average Bonchev–Trinajstić information content (AvgIpc) is 2.95. The molecule has 0 aliphatic heterocycles. The van der Waals surface area contributed by atoms with Gasteiger partial charge in [-0.05, 0) is 37.6 Å². The summed E-state index contributed by atoms with van der Waals surface area (Å²) in [6, 6.07) is 9.06. The SMILES string of the molecule is CCOc1ccc(/C=C/C(=O)Nc2oc(C)c(C(=O)OC)c2C#N)cc1. The van der Waals surface area contributed by atoms with Crippen LogP contribution < -0.4 is 10.1 Å². The Bertz CT molecular complexity index is 873. The van der Waals surface area contributed by atoms with E-state index < -0.39 is 11.9 Å². The van der Waals surface area contributed by atoms with Gasteiger partial charge in [0, 0.05) is 6.08 Å². The summed E-state index contributed by atoms with van der Waals surface area (Å²) in [4.78, 5) is 23.8. The van der Waals surface area contributed by atoms with Gasteiger partial charge in [0.25, 0.3) is 5.91 Å². The molecule has 1 amide bonds. The maximum absolute atomic E-state index is 12.1. The Labute approximate surface area is 150 Å². The number of nitriles is 1. The third-order valence-electron chi connectivity index (χ3n) is 3.44. The van der Waals surface area contributed by atoms with Gasteiger partial charge in [0.2, 0.25) is 5.88 Å². The number of carbonyl (C=O) groups is 2. The lowest BCUT2D eigenvalue weighted by molar-refractivity contribution is -0.111. The van der Waals surface area contributed by atoms with Gasteiger partial charge >= 0.3 is 5.97 Å². The summed E-state index contributed by atoms with van der Waals surface area (Å²) in [5.41, 5.74) is 0.730. The van der Waals surface area contributed by atoms with Gasteiger partial charge in [-0.2, -0.15) is 5.26 Å². The molecule has 0 radical (unpaired) electrons. The number of hydrogen-bond donors (Lipinski definition) is 1. The molecule has 0 bridgehead atoms. The lowest BCUT2D eigenvalue weighted by atomic mass is 10.1. The first kappa shape index (κ1) is 18.8. The fourth-order valence-electron chi connectivity index (χ4n) is 2.25. The smallest absolute Gasteiger partial charge is 0.342 e. The van der Waals surface area contributed by atoms with E-state index >= 15 is 0 Å². The number of anilines is 1. The minimum Gasteiger partial charge on any atom is -0.494 e. The van der Waals surface area contributed by atoms with E-state index in [1.807, 2.05) is 25.1 Å². The van der Waals surface area contributed by atoms with Crippen LogP contribution in [-0.2, 0) is 9.53 Å². The topological polar surface area (TPSA) is 102 Å². The van der Waals surface area contributed by atoms with E-state index in [9.17, 15) is 14.9 Å². The molecule has 0 saturated heterocycles. The van der Waals surface area contributed by atoms with E-state index in [0.29, 0.717) is 6.61 Å². The van der Waals surface area contributed by atoms with Crippen molar-refractivity contribution in [3.05, 3.63) is 52.8 Å². The van der Waals surface area contributed by atoms with Crippen molar-refractivity contribution in [2.75, 3.05) is 19.0 Å². The minimum absolute atomic E-state index is 0.000734. The van der Waals surface area contributed by atoms with E-state index in [1.54, 1.807) is 18.2 Å². The van der Waals surface area contributed by atoms with E-state index in [0.717, 1.165) is 11.3 Å². The van der Waals surface area contributed by atoms with Crippen LogP contribution in [-0.4, -0.2) is 25.6 Å². The van der Waals surface area contributed by atoms with Gasteiger partial charge in [-0.1, -0.05) is 12.1 Å². The van der Waals surface area contributed by atoms with Crippen LogP contribution in [0.5, 0.6) is 5.75 Å². The van der Waals surface area contributed by atoms with Crippen molar-refractivity contribution in [3.63, 3.8) is 0 Å². The third kappa shape index (κ3) is 4.30. The van der Waals surface area contributed by atoms with Crippen LogP contribution in [0.1, 0.15) is 34.2 Å². The second-order valence-electron chi connectivity index (χ2n) is 5.17. The van der Waals surface area contributed by atoms with Gasteiger partial charge in [0.1, 0.15) is 28.7 Å². The molecule has 26 heavy (non-hydrogen) atoms. The molecule has 0 aliphatic carbocycles. The molecule has 1 aromatic heterocycles. The molecule has 0 aliphatic rings. The number of aryl methyl sites for hydroxylation is 1. The van der Waals surface area contributed by atoms with Crippen LogP contribution in [0.2, 0.25) is 0 Å². The fraction of sp³-hybridized carbons (Fsp3) is 0.211. The molecule has 2 aromatic rings. The number of carbonyl (C=O) groups excluding carboxylic acids is 2. The summed E-state index contributed by atoms with van der Waals surface area (Å²) in [5, 5.41) is 11.7. The average molecular weight is 354 g/mol. The van der Waals surface area contributed by atoms with Gasteiger partial charge in [0.05, 0.1) is 13.7 Å². The van der Waals surface area contributed by atoms with Gasteiger partial charge in [0.15, 0.2) is 0 Å². The Balaban J connectivity index is 2.12. The first-order valence-corrected chi connectivity index (χ1v) is 7.83. The standard InChI is InChI=1S/C19H18N2O5/c1-4-25-14-8-5-13(6-9-14)7-10-16(22)21-18-15(11-20)17(12(2)26-18)19(23)24-3/h5-10H,4H2,1-3H3,(H,21,22)/b10-7+. The normalized spacial score (nSPS) is 10.4. The Hall–Kier alpha value is -3.53. The molecule has 0 saturated carbocycles. The van der Waals surface area contributed by atoms with Crippen molar-refractivity contribution in [1.82, 2.24) is 0 Å². The van der Waals surface area contributed by atoms with Gasteiger partial charge in [-0.25, -0.2) is 4.79 Å². The molecule has 1 N–H and O–H groups in total. The molecule has 0 unspecified atom stereocenters. The summed E-state index contributed by atoms with van der Waals surface area (Å²) in [7, 11) is 1.20. The largest absolute Gasteiger partial charge is 0.494 e. The third-order valence-corrected chi connectivity index (χ3v) is 3.44. The molecule has 0 spiro atoms. The van der Waals surface area contributed by atoms with Crippen molar-refractivity contribution >= 4 is 23.8 Å². The van der Waals surface area contributed by atoms with Crippen LogP contribution >= 0.6 is 0 Å². The van der Waals surface area contributed by atoms with E-state index in [4.69, 9.17) is 9.15 Å². The predicted octanol–water partition coefficient (Wildman–Crippen LogP) is 3.30. The van der Waals surface area contributed by atoms with Crippen LogP contribution in [0.15, 0.2) is 34.8 Å². The number of furan rings is 1. The Morgan fingerprint density at radius 3 is 2.58 bits per heavy atom. The number of benzene rings is 1. The number of esters is 1.